The first-order chi connectivity index (χ1) is 20.0. The minimum Gasteiger partial charge on any atom is -0.490 e. The van der Waals surface area contributed by atoms with Gasteiger partial charge in [-0.3, -0.25) is 4.79 Å². The molecule has 4 aromatic carbocycles. The standard InChI is InChI=1S/C36H35NO4/c1-25-33-22-32(40-24-28-7-3-2-4-8-28)19-20-34(33)37(23-27-13-11-26(12-14-27)21-35(38)39)36(25)29-15-17-31(18-16-29)41-30-9-5-6-10-30/h2-4,7-8,11-20,22,30H,5-6,9-10,21,23-24H2,1H3,(H,38,39). The quantitative estimate of drug-likeness (QED) is 0.192. The van der Waals surface area contributed by atoms with Gasteiger partial charge < -0.3 is 19.1 Å². The van der Waals surface area contributed by atoms with Gasteiger partial charge in [0, 0.05) is 17.4 Å². The number of nitrogens with zero attached hydrogens (tertiary/aromatic N) is 1. The molecule has 6 rings (SSSR count). The maximum Gasteiger partial charge on any atom is 0.307 e. The van der Waals surface area contributed by atoms with Crippen molar-refractivity contribution in [2.75, 3.05) is 0 Å². The Morgan fingerprint density at radius 3 is 2.22 bits per heavy atom. The molecule has 1 N–H and O–H groups in total. The average Bonchev–Trinajstić information content (AvgIpc) is 3.59. The van der Waals surface area contributed by atoms with Crippen molar-refractivity contribution in [1.29, 1.82) is 0 Å². The van der Waals surface area contributed by atoms with Gasteiger partial charge in [-0.2, -0.15) is 0 Å². The minimum atomic E-state index is -0.822. The monoisotopic (exact) mass is 545 g/mol. The Kier molecular flexibility index (Phi) is 7.77. The van der Waals surface area contributed by atoms with Gasteiger partial charge in [0.05, 0.1) is 18.2 Å². The zero-order valence-corrected chi connectivity index (χ0v) is 23.4. The van der Waals surface area contributed by atoms with Crippen LogP contribution in [0.3, 0.4) is 0 Å². The second-order valence-electron chi connectivity index (χ2n) is 10.9. The van der Waals surface area contributed by atoms with Crippen LogP contribution in [0.4, 0.5) is 0 Å². The fourth-order valence-electron chi connectivity index (χ4n) is 5.88. The highest BCUT2D eigenvalue weighted by Crippen LogP contribution is 2.37. The van der Waals surface area contributed by atoms with Crippen LogP contribution in [0.5, 0.6) is 11.5 Å². The third-order valence-electron chi connectivity index (χ3n) is 7.99. The third kappa shape index (κ3) is 6.14. The summed E-state index contributed by atoms with van der Waals surface area (Å²) in [6.07, 6.45) is 5.11. The van der Waals surface area contributed by atoms with Crippen molar-refractivity contribution >= 4 is 16.9 Å². The van der Waals surface area contributed by atoms with E-state index in [9.17, 15) is 4.79 Å². The average molecular weight is 546 g/mol. The van der Waals surface area contributed by atoms with Crippen LogP contribution >= 0.6 is 0 Å². The largest absolute Gasteiger partial charge is 0.490 e. The molecule has 41 heavy (non-hydrogen) atoms. The van der Waals surface area contributed by atoms with Crippen molar-refractivity contribution < 1.29 is 19.4 Å². The number of aryl methyl sites for hydroxylation is 1. The predicted octanol–water partition coefficient (Wildman–Crippen LogP) is 8.19. The molecule has 5 aromatic rings. The smallest absolute Gasteiger partial charge is 0.307 e. The van der Waals surface area contributed by atoms with E-state index in [0.29, 0.717) is 19.3 Å². The van der Waals surface area contributed by atoms with Gasteiger partial charge in [-0.05, 0) is 103 Å². The number of benzene rings is 4. The Morgan fingerprint density at radius 2 is 1.51 bits per heavy atom. The molecule has 1 aliphatic carbocycles. The lowest BCUT2D eigenvalue weighted by Crippen LogP contribution is -2.10. The highest BCUT2D eigenvalue weighted by molar-refractivity contribution is 5.92. The number of rotatable bonds is 10. The lowest BCUT2D eigenvalue weighted by molar-refractivity contribution is -0.136. The van der Waals surface area contributed by atoms with Crippen molar-refractivity contribution in [3.63, 3.8) is 0 Å². The maximum atomic E-state index is 11.1. The molecule has 0 bridgehead atoms. The number of aliphatic carboxylic acids is 1. The van der Waals surface area contributed by atoms with Crippen LogP contribution in [0.1, 0.15) is 47.9 Å². The first-order valence-electron chi connectivity index (χ1n) is 14.4. The number of aromatic nitrogens is 1. The van der Waals surface area contributed by atoms with E-state index < -0.39 is 5.97 Å². The summed E-state index contributed by atoms with van der Waals surface area (Å²) in [6, 6.07) is 32.9. The molecule has 1 aromatic heterocycles. The maximum absolute atomic E-state index is 11.1. The number of fused-ring (bicyclic) bond motifs is 1. The summed E-state index contributed by atoms with van der Waals surface area (Å²) < 4.78 is 14.8. The molecule has 0 aliphatic heterocycles. The van der Waals surface area contributed by atoms with E-state index in [0.717, 1.165) is 63.2 Å². The van der Waals surface area contributed by atoms with E-state index in [1.165, 1.54) is 18.4 Å². The van der Waals surface area contributed by atoms with E-state index in [2.05, 4.69) is 60.0 Å². The van der Waals surface area contributed by atoms with Crippen molar-refractivity contribution in [1.82, 2.24) is 4.57 Å². The molecule has 0 radical (unpaired) electrons. The normalized spacial score (nSPS) is 13.5. The molecule has 0 saturated heterocycles. The Labute approximate surface area is 241 Å². The molecule has 0 atom stereocenters. The van der Waals surface area contributed by atoms with E-state index in [4.69, 9.17) is 14.6 Å². The van der Waals surface area contributed by atoms with E-state index >= 15 is 0 Å². The van der Waals surface area contributed by atoms with Crippen LogP contribution in [-0.2, 0) is 24.4 Å². The number of hydrogen-bond acceptors (Lipinski definition) is 3. The molecule has 1 fully saturated rings. The van der Waals surface area contributed by atoms with Crippen molar-refractivity contribution in [2.24, 2.45) is 0 Å². The molecule has 5 heteroatoms. The summed E-state index contributed by atoms with van der Waals surface area (Å²) in [5, 5.41) is 10.3. The van der Waals surface area contributed by atoms with Crippen LogP contribution in [-0.4, -0.2) is 21.7 Å². The second kappa shape index (κ2) is 11.9. The van der Waals surface area contributed by atoms with Crippen LogP contribution in [0.15, 0.2) is 97.1 Å². The molecule has 1 aliphatic rings. The van der Waals surface area contributed by atoms with Gasteiger partial charge in [0.15, 0.2) is 0 Å². The lowest BCUT2D eigenvalue weighted by atomic mass is 10.1. The van der Waals surface area contributed by atoms with Gasteiger partial charge in [0.25, 0.3) is 0 Å². The number of carboxylic acid groups (broad SMARTS) is 1. The highest BCUT2D eigenvalue weighted by atomic mass is 16.5. The molecule has 0 spiro atoms. The molecule has 1 heterocycles. The minimum absolute atomic E-state index is 0.0259. The molecule has 1 saturated carbocycles. The fourth-order valence-corrected chi connectivity index (χ4v) is 5.88. The van der Waals surface area contributed by atoms with Crippen molar-refractivity contribution in [3.05, 3.63) is 119 Å². The molecular formula is C36H35NO4. The fraction of sp³-hybridized carbons (Fsp3) is 0.250. The van der Waals surface area contributed by atoms with E-state index in [-0.39, 0.29) is 6.42 Å². The van der Waals surface area contributed by atoms with Crippen LogP contribution in [0.25, 0.3) is 22.2 Å². The van der Waals surface area contributed by atoms with Gasteiger partial charge in [-0.25, -0.2) is 0 Å². The second-order valence-corrected chi connectivity index (χ2v) is 10.9. The Bertz CT molecular complexity index is 1630. The summed E-state index contributed by atoms with van der Waals surface area (Å²) >= 11 is 0. The first kappa shape index (κ1) is 26.7. The zero-order valence-electron chi connectivity index (χ0n) is 23.4. The number of carboxylic acids is 1. The Balaban J connectivity index is 1.34. The van der Waals surface area contributed by atoms with Crippen LogP contribution in [0, 0.1) is 6.92 Å². The molecule has 5 nitrogen and oxygen atoms in total. The van der Waals surface area contributed by atoms with Gasteiger partial charge in [0.1, 0.15) is 18.1 Å². The summed E-state index contributed by atoms with van der Waals surface area (Å²) in [5.41, 5.74) is 7.65. The number of carbonyl (C=O) groups is 1. The Morgan fingerprint density at radius 1 is 0.829 bits per heavy atom. The van der Waals surface area contributed by atoms with Gasteiger partial charge >= 0.3 is 5.97 Å². The molecule has 0 unspecified atom stereocenters. The van der Waals surface area contributed by atoms with Gasteiger partial charge in [-0.15, -0.1) is 0 Å². The van der Waals surface area contributed by atoms with Gasteiger partial charge in [0.2, 0.25) is 0 Å². The highest BCUT2D eigenvalue weighted by Gasteiger charge is 2.19. The molecule has 0 amide bonds. The summed E-state index contributed by atoms with van der Waals surface area (Å²) in [6.45, 7) is 3.36. The lowest BCUT2D eigenvalue weighted by Gasteiger charge is -2.15. The summed E-state index contributed by atoms with van der Waals surface area (Å²) in [7, 11) is 0. The first-order valence-corrected chi connectivity index (χ1v) is 14.4. The van der Waals surface area contributed by atoms with Crippen molar-refractivity contribution in [3.8, 4) is 22.8 Å². The van der Waals surface area contributed by atoms with Crippen LogP contribution in [0.2, 0.25) is 0 Å². The van der Waals surface area contributed by atoms with E-state index in [1.807, 2.05) is 48.5 Å². The van der Waals surface area contributed by atoms with Crippen molar-refractivity contribution in [2.45, 2.75) is 58.3 Å². The van der Waals surface area contributed by atoms with Crippen LogP contribution < -0.4 is 9.47 Å². The number of ether oxygens (including phenoxy) is 2. The van der Waals surface area contributed by atoms with E-state index in [1.54, 1.807) is 0 Å². The topological polar surface area (TPSA) is 60.7 Å². The SMILES string of the molecule is Cc1c(-c2ccc(OC3CCCC3)cc2)n(Cc2ccc(CC(=O)O)cc2)c2ccc(OCc3ccccc3)cc12. The summed E-state index contributed by atoms with van der Waals surface area (Å²) in [4.78, 5) is 11.1. The third-order valence-corrected chi connectivity index (χ3v) is 7.99. The van der Waals surface area contributed by atoms with Gasteiger partial charge in [-0.1, -0.05) is 54.6 Å². The Hall–Kier alpha value is -4.51. The number of hydrogen-bond donors (Lipinski definition) is 1. The predicted molar refractivity (Wildman–Crippen MR) is 163 cm³/mol. The molecular weight excluding hydrogens is 510 g/mol. The summed E-state index contributed by atoms with van der Waals surface area (Å²) in [5.74, 6) is 0.941. The molecule has 208 valence electrons. The zero-order chi connectivity index (χ0) is 28.2.